The van der Waals surface area contributed by atoms with Crippen LogP contribution in [0.3, 0.4) is 0 Å². The maximum absolute atomic E-state index is 12.7. The first-order valence-electron chi connectivity index (χ1n) is 25.8. The molecule has 0 amide bonds. The topological polar surface area (TPSA) is 94.1 Å². The molecule has 59 heavy (non-hydrogen) atoms. The maximum Gasteiger partial charge on any atom is 0.306 e. The van der Waals surface area contributed by atoms with Gasteiger partial charge in [0.05, 0.1) is 34.4 Å². The van der Waals surface area contributed by atoms with Crippen molar-refractivity contribution in [3.63, 3.8) is 0 Å². The summed E-state index contributed by atoms with van der Waals surface area (Å²) in [6.45, 7) is 5.49. The molecule has 0 aromatic rings. The highest BCUT2D eigenvalue weighted by Crippen LogP contribution is 2.38. The molecular weight excluding hydrogens is 758 g/mol. The molecule has 0 aliphatic heterocycles. The van der Waals surface area contributed by atoms with E-state index in [1.54, 1.807) is 0 Å². The number of phosphoric acid groups is 1. The van der Waals surface area contributed by atoms with Crippen LogP contribution in [0.25, 0.3) is 0 Å². The summed E-state index contributed by atoms with van der Waals surface area (Å²) in [7, 11) is 1.38. The molecule has 2 atom stereocenters. The molecule has 0 radical (unpaired) electrons. The predicted molar refractivity (Wildman–Crippen MR) is 250 cm³/mol. The second-order valence-corrected chi connectivity index (χ2v) is 20.3. The summed E-state index contributed by atoms with van der Waals surface area (Å²) < 4.78 is 34.8. The number of rotatable bonds is 49. The zero-order valence-corrected chi connectivity index (χ0v) is 41.1. The molecule has 8 nitrogen and oxygen atoms in total. The molecule has 9 heteroatoms. The van der Waals surface area contributed by atoms with E-state index in [2.05, 4.69) is 13.8 Å². The van der Waals surface area contributed by atoms with Gasteiger partial charge in [-0.15, -0.1) is 0 Å². The lowest BCUT2D eigenvalue weighted by Crippen LogP contribution is -2.37. The number of nitrogens with zero attached hydrogens (tertiary/aromatic N) is 1. The minimum atomic E-state index is -4.52. The second kappa shape index (κ2) is 44.1. The van der Waals surface area contributed by atoms with E-state index in [9.17, 15) is 14.3 Å². The average molecular weight is 860 g/mol. The quantitative estimate of drug-likeness (QED) is 0.0260. The number of quaternary nitrogens is 1. The fraction of sp³-hybridized carbons (Fsp3) is 0.980. The fourth-order valence-corrected chi connectivity index (χ4v) is 8.40. The van der Waals surface area contributed by atoms with Crippen LogP contribution in [0.15, 0.2) is 0 Å². The number of hydrogen-bond acceptors (Lipinski definition) is 7. The second-order valence-electron chi connectivity index (χ2n) is 18.9. The van der Waals surface area contributed by atoms with Gasteiger partial charge in [-0.1, -0.05) is 239 Å². The molecule has 0 spiro atoms. The van der Waals surface area contributed by atoms with E-state index in [1.807, 2.05) is 21.1 Å². The van der Waals surface area contributed by atoms with Crippen molar-refractivity contribution < 1.29 is 37.3 Å². The molecule has 354 valence electrons. The van der Waals surface area contributed by atoms with Crippen molar-refractivity contribution in [1.29, 1.82) is 0 Å². The van der Waals surface area contributed by atoms with Crippen LogP contribution in [0.4, 0.5) is 0 Å². The van der Waals surface area contributed by atoms with Crippen LogP contribution in [0.1, 0.15) is 258 Å². The SMILES string of the molecule is CCCCCCCCCCCCCCCCCCCCCOCC(COP(=O)([O-])OCC[N+](C)(C)C)OC(=O)CCCCCCCCCCCCCCCCCCCC. The molecule has 0 rings (SSSR count). The maximum atomic E-state index is 12.7. The lowest BCUT2D eigenvalue weighted by atomic mass is 10.0. The number of likely N-dealkylation sites (N-methyl/N-ethyl adjacent to an activating group) is 1. The highest BCUT2D eigenvalue weighted by Gasteiger charge is 2.20. The van der Waals surface area contributed by atoms with Crippen LogP contribution in [0, 0.1) is 0 Å². The Labute approximate surface area is 368 Å². The molecule has 0 saturated heterocycles. The van der Waals surface area contributed by atoms with E-state index in [4.69, 9.17) is 18.5 Å². The number of carbonyl (C=O) groups excluding carboxylic acids is 1. The third-order valence-electron chi connectivity index (χ3n) is 11.7. The van der Waals surface area contributed by atoms with E-state index in [-0.39, 0.29) is 25.8 Å². The first-order valence-corrected chi connectivity index (χ1v) is 27.2. The first kappa shape index (κ1) is 58.5. The van der Waals surface area contributed by atoms with Crippen molar-refractivity contribution in [2.75, 3.05) is 54.1 Å². The predicted octanol–water partition coefficient (Wildman–Crippen LogP) is 15.0. The smallest absolute Gasteiger partial charge is 0.306 e. The van der Waals surface area contributed by atoms with Crippen LogP contribution < -0.4 is 4.89 Å². The summed E-state index contributed by atoms with van der Waals surface area (Å²) in [5, 5.41) is 0. The number of phosphoric ester groups is 1. The van der Waals surface area contributed by atoms with Crippen molar-refractivity contribution in [2.45, 2.75) is 264 Å². The van der Waals surface area contributed by atoms with Gasteiger partial charge in [0.2, 0.25) is 0 Å². The largest absolute Gasteiger partial charge is 0.756 e. The minimum Gasteiger partial charge on any atom is -0.756 e. The lowest BCUT2D eigenvalue weighted by Gasteiger charge is -2.28. The molecule has 0 aliphatic rings. The Kier molecular flexibility index (Phi) is 43.7. The highest BCUT2D eigenvalue weighted by atomic mass is 31.2. The molecule has 2 unspecified atom stereocenters. The molecule has 0 bridgehead atoms. The average Bonchev–Trinajstić information content (AvgIpc) is 3.19. The van der Waals surface area contributed by atoms with Crippen molar-refractivity contribution in [2.24, 2.45) is 0 Å². The lowest BCUT2D eigenvalue weighted by molar-refractivity contribution is -0.870. The summed E-state index contributed by atoms with van der Waals surface area (Å²) >= 11 is 0. The number of unbranched alkanes of at least 4 members (excludes halogenated alkanes) is 35. The van der Waals surface area contributed by atoms with E-state index < -0.39 is 13.9 Å². The number of carbonyl (C=O) groups is 1. The van der Waals surface area contributed by atoms with E-state index in [0.717, 1.165) is 32.1 Å². The molecular formula is C50H102NO7P. The summed E-state index contributed by atoms with van der Waals surface area (Å²) in [5.74, 6) is -0.325. The van der Waals surface area contributed by atoms with Gasteiger partial charge in [-0.3, -0.25) is 9.36 Å². The van der Waals surface area contributed by atoms with Crippen molar-refractivity contribution in [3.8, 4) is 0 Å². The van der Waals surface area contributed by atoms with E-state index >= 15 is 0 Å². The summed E-state index contributed by atoms with van der Waals surface area (Å²) in [6.07, 6.45) is 48.3. The van der Waals surface area contributed by atoms with Gasteiger partial charge < -0.3 is 27.9 Å². The first-order chi connectivity index (χ1) is 28.6. The monoisotopic (exact) mass is 860 g/mol. The van der Waals surface area contributed by atoms with Crippen LogP contribution >= 0.6 is 7.82 Å². The van der Waals surface area contributed by atoms with E-state index in [1.165, 1.54) is 205 Å². The summed E-state index contributed by atoms with van der Waals surface area (Å²) in [4.78, 5) is 25.2. The Hall–Kier alpha value is -0.500. The Morgan fingerprint density at radius 1 is 0.458 bits per heavy atom. The van der Waals surface area contributed by atoms with Crippen LogP contribution in [-0.4, -0.2) is 70.7 Å². The van der Waals surface area contributed by atoms with Gasteiger partial charge in [-0.25, -0.2) is 0 Å². The molecule has 0 saturated carbocycles. The van der Waals surface area contributed by atoms with Crippen molar-refractivity contribution >= 4 is 13.8 Å². The van der Waals surface area contributed by atoms with Gasteiger partial charge in [-0.05, 0) is 12.8 Å². The zero-order chi connectivity index (χ0) is 43.4. The Morgan fingerprint density at radius 3 is 1.12 bits per heavy atom. The Balaban J connectivity index is 4.08. The molecule has 0 N–H and O–H groups in total. The van der Waals surface area contributed by atoms with Gasteiger partial charge >= 0.3 is 5.97 Å². The van der Waals surface area contributed by atoms with Gasteiger partial charge in [0.15, 0.2) is 0 Å². The van der Waals surface area contributed by atoms with Crippen LogP contribution in [0.5, 0.6) is 0 Å². The number of ether oxygens (including phenoxy) is 2. The minimum absolute atomic E-state index is 0.0317. The van der Waals surface area contributed by atoms with Crippen molar-refractivity contribution in [1.82, 2.24) is 0 Å². The highest BCUT2D eigenvalue weighted by molar-refractivity contribution is 7.45. The van der Waals surface area contributed by atoms with Crippen LogP contribution in [0.2, 0.25) is 0 Å². The van der Waals surface area contributed by atoms with Crippen molar-refractivity contribution in [3.05, 3.63) is 0 Å². The molecule has 0 aromatic heterocycles. The third kappa shape index (κ3) is 48.4. The van der Waals surface area contributed by atoms with Gasteiger partial charge in [-0.2, -0.15) is 0 Å². The van der Waals surface area contributed by atoms with E-state index in [0.29, 0.717) is 24.1 Å². The Morgan fingerprint density at radius 2 is 0.780 bits per heavy atom. The molecule has 0 aromatic carbocycles. The molecule has 0 aliphatic carbocycles. The fourth-order valence-electron chi connectivity index (χ4n) is 7.67. The number of hydrogen-bond donors (Lipinski definition) is 0. The van der Waals surface area contributed by atoms with Crippen LogP contribution in [-0.2, 0) is 27.9 Å². The molecule has 0 fully saturated rings. The third-order valence-corrected chi connectivity index (χ3v) is 12.6. The Bertz CT molecular complexity index is 914. The van der Waals surface area contributed by atoms with Gasteiger partial charge in [0.1, 0.15) is 19.3 Å². The molecule has 0 heterocycles. The standard InChI is InChI=1S/C50H102NO7P/c1-6-8-10-12-14-16-18-20-22-24-26-28-30-32-34-36-38-40-42-45-55-47-49(48-57-59(53,54)56-46-44-51(3,4)5)58-50(52)43-41-39-37-35-33-31-29-27-25-23-21-19-17-15-13-11-9-7-2/h49H,6-48H2,1-5H3. The van der Waals surface area contributed by atoms with Gasteiger partial charge in [0.25, 0.3) is 7.82 Å². The number of esters is 1. The normalized spacial score (nSPS) is 13.5. The van der Waals surface area contributed by atoms with Gasteiger partial charge in [0, 0.05) is 13.0 Å². The zero-order valence-electron chi connectivity index (χ0n) is 40.2. The summed E-state index contributed by atoms with van der Waals surface area (Å²) in [5.41, 5.74) is 0. The summed E-state index contributed by atoms with van der Waals surface area (Å²) in [6, 6.07) is 0.